The van der Waals surface area contributed by atoms with Crippen LogP contribution in [0, 0.1) is 6.92 Å². The van der Waals surface area contributed by atoms with Crippen molar-refractivity contribution in [3.05, 3.63) is 72.8 Å². The Hall–Kier alpha value is -2.95. The lowest BCUT2D eigenvalue weighted by molar-refractivity contribution is -0.696. The van der Waals surface area contributed by atoms with Crippen LogP contribution in [0.3, 0.4) is 0 Å². The lowest BCUT2D eigenvalue weighted by Crippen LogP contribution is -2.30. The van der Waals surface area contributed by atoms with E-state index in [1.54, 1.807) is 0 Å². The van der Waals surface area contributed by atoms with E-state index in [2.05, 4.69) is 51.9 Å². The Morgan fingerprint density at radius 1 is 0.743 bits per heavy atom. The number of ether oxygens (including phenoxy) is 1. The third-order valence-electron chi connectivity index (χ3n) is 6.25. The first-order chi connectivity index (χ1) is 17.2. The number of imidazole rings is 1. The normalized spacial score (nSPS) is 11.4. The topological polar surface area (TPSA) is 42.8 Å². The summed E-state index contributed by atoms with van der Waals surface area (Å²) < 4.78 is 10.6. The Bertz CT molecular complexity index is 976. The van der Waals surface area contributed by atoms with Crippen LogP contribution in [0.15, 0.2) is 77.5 Å². The summed E-state index contributed by atoms with van der Waals surface area (Å²) in [5.74, 6) is 0.890. The Balaban J connectivity index is 1.22. The van der Waals surface area contributed by atoms with Crippen LogP contribution in [-0.4, -0.2) is 11.2 Å². The van der Waals surface area contributed by atoms with Gasteiger partial charge in [-0.25, -0.2) is 9.13 Å². The summed E-state index contributed by atoms with van der Waals surface area (Å²) in [6.07, 6.45) is 19.5. The quantitative estimate of drug-likeness (QED) is 0.110. The fourth-order valence-corrected chi connectivity index (χ4v) is 4.05. The van der Waals surface area contributed by atoms with Gasteiger partial charge in [0.05, 0.1) is 31.1 Å². The maximum atomic E-state index is 5.89. The summed E-state index contributed by atoms with van der Waals surface area (Å²) in [5, 5.41) is 8.58. The molecule has 0 saturated carbocycles. The molecule has 0 unspecified atom stereocenters. The molecule has 0 aliphatic carbocycles. The first kappa shape index (κ1) is 26.7. The number of azo groups is 1. The standard InChI is InChI=1S/C30H43N4O/c1-3-4-5-6-7-10-21-33-23-24-34(26-33)22-11-8-9-12-25-35-30-19-17-29(18-20-30)32-31-28-15-13-27(2)14-16-28/h13-20,23-24,26H,3-12,21-22,25H2,1-2H3/q+1. The molecule has 5 heteroatoms. The van der Waals surface area contributed by atoms with Gasteiger partial charge in [0.25, 0.3) is 0 Å². The molecule has 188 valence electrons. The Labute approximate surface area is 211 Å². The van der Waals surface area contributed by atoms with E-state index in [0.717, 1.165) is 43.2 Å². The van der Waals surface area contributed by atoms with Crippen LogP contribution in [0.2, 0.25) is 0 Å². The van der Waals surface area contributed by atoms with Crippen molar-refractivity contribution in [1.82, 2.24) is 4.57 Å². The summed E-state index contributed by atoms with van der Waals surface area (Å²) in [6.45, 7) is 7.34. The van der Waals surface area contributed by atoms with E-state index in [0.29, 0.717) is 0 Å². The fourth-order valence-electron chi connectivity index (χ4n) is 4.05. The van der Waals surface area contributed by atoms with Gasteiger partial charge in [-0.15, -0.1) is 0 Å². The lowest BCUT2D eigenvalue weighted by atomic mass is 10.1. The minimum atomic E-state index is 0.756. The number of nitrogens with zero attached hydrogens (tertiary/aromatic N) is 4. The minimum absolute atomic E-state index is 0.756. The second-order valence-electron chi connectivity index (χ2n) is 9.45. The summed E-state index contributed by atoms with van der Waals surface area (Å²) >= 11 is 0. The van der Waals surface area contributed by atoms with E-state index in [9.17, 15) is 0 Å². The van der Waals surface area contributed by atoms with E-state index in [1.165, 1.54) is 63.4 Å². The van der Waals surface area contributed by atoms with Crippen LogP contribution in [0.4, 0.5) is 11.4 Å². The minimum Gasteiger partial charge on any atom is -0.494 e. The van der Waals surface area contributed by atoms with Crippen molar-refractivity contribution in [3.8, 4) is 5.75 Å². The molecule has 0 saturated heterocycles. The third-order valence-corrected chi connectivity index (χ3v) is 6.25. The van der Waals surface area contributed by atoms with Crippen LogP contribution in [0.5, 0.6) is 5.75 Å². The van der Waals surface area contributed by atoms with Gasteiger partial charge in [0.1, 0.15) is 18.1 Å². The van der Waals surface area contributed by atoms with E-state index in [1.807, 2.05) is 48.5 Å². The van der Waals surface area contributed by atoms with Crippen molar-refractivity contribution in [2.75, 3.05) is 6.61 Å². The number of unbranched alkanes of at least 4 members (excludes halogenated alkanes) is 8. The Kier molecular flexibility index (Phi) is 12.1. The van der Waals surface area contributed by atoms with Crippen LogP contribution in [0.25, 0.3) is 0 Å². The van der Waals surface area contributed by atoms with E-state index in [-0.39, 0.29) is 0 Å². The first-order valence-corrected chi connectivity index (χ1v) is 13.5. The van der Waals surface area contributed by atoms with Crippen molar-refractivity contribution in [1.29, 1.82) is 0 Å². The van der Waals surface area contributed by atoms with Crippen LogP contribution in [-0.2, 0) is 13.1 Å². The molecule has 0 amide bonds. The van der Waals surface area contributed by atoms with Gasteiger partial charge in [0.15, 0.2) is 0 Å². The summed E-state index contributed by atoms with van der Waals surface area (Å²) in [4.78, 5) is 0. The number of aromatic nitrogens is 2. The highest BCUT2D eigenvalue weighted by Gasteiger charge is 2.03. The zero-order valence-corrected chi connectivity index (χ0v) is 21.7. The van der Waals surface area contributed by atoms with Crippen molar-refractivity contribution >= 4 is 11.4 Å². The number of hydrogen-bond acceptors (Lipinski definition) is 3. The van der Waals surface area contributed by atoms with E-state index < -0.39 is 0 Å². The SMILES string of the molecule is CCCCCCCC[n+]1ccn(CCCCCCOc2ccc(N=Nc3ccc(C)cc3)cc2)c1. The average Bonchev–Trinajstić information content (AvgIpc) is 3.33. The van der Waals surface area contributed by atoms with Gasteiger partial charge in [0.2, 0.25) is 6.33 Å². The molecule has 0 radical (unpaired) electrons. The van der Waals surface area contributed by atoms with Gasteiger partial charge < -0.3 is 4.74 Å². The molecule has 0 fully saturated rings. The molecule has 0 N–H and O–H groups in total. The van der Waals surface area contributed by atoms with Crippen LogP contribution in [0.1, 0.15) is 76.7 Å². The zero-order valence-electron chi connectivity index (χ0n) is 21.7. The summed E-state index contributed by atoms with van der Waals surface area (Å²) in [7, 11) is 0. The smallest absolute Gasteiger partial charge is 0.243 e. The number of rotatable bonds is 17. The maximum absolute atomic E-state index is 5.89. The third kappa shape index (κ3) is 10.9. The van der Waals surface area contributed by atoms with Gasteiger partial charge >= 0.3 is 0 Å². The van der Waals surface area contributed by atoms with E-state index in [4.69, 9.17) is 4.74 Å². The molecular formula is C30H43N4O+. The molecule has 3 aromatic rings. The number of benzene rings is 2. The lowest BCUT2D eigenvalue weighted by Gasteiger charge is -2.06. The summed E-state index contributed by atoms with van der Waals surface area (Å²) in [5.41, 5.74) is 2.91. The molecule has 0 aliphatic heterocycles. The second-order valence-corrected chi connectivity index (χ2v) is 9.45. The Morgan fingerprint density at radius 3 is 2.11 bits per heavy atom. The van der Waals surface area contributed by atoms with Gasteiger partial charge in [-0.3, -0.25) is 0 Å². The molecular weight excluding hydrogens is 432 g/mol. The van der Waals surface area contributed by atoms with Gasteiger partial charge in [-0.2, -0.15) is 10.2 Å². The van der Waals surface area contributed by atoms with Gasteiger partial charge in [-0.05, 0) is 81.8 Å². The molecule has 0 bridgehead atoms. The van der Waals surface area contributed by atoms with Crippen molar-refractivity contribution in [3.63, 3.8) is 0 Å². The van der Waals surface area contributed by atoms with Crippen LogP contribution < -0.4 is 9.30 Å². The predicted octanol–water partition coefficient (Wildman–Crippen LogP) is 8.50. The average molecular weight is 476 g/mol. The highest BCUT2D eigenvalue weighted by molar-refractivity contribution is 5.43. The first-order valence-electron chi connectivity index (χ1n) is 13.5. The molecule has 35 heavy (non-hydrogen) atoms. The second kappa shape index (κ2) is 15.9. The zero-order chi connectivity index (χ0) is 24.6. The molecule has 2 aromatic carbocycles. The van der Waals surface area contributed by atoms with Crippen LogP contribution >= 0.6 is 0 Å². The molecule has 0 spiro atoms. The predicted molar refractivity (Wildman–Crippen MR) is 144 cm³/mol. The van der Waals surface area contributed by atoms with Crippen molar-refractivity contribution in [2.24, 2.45) is 10.2 Å². The number of aryl methyl sites for hydroxylation is 3. The molecule has 0 aliphatic rings. The molecule has 3 rings (SSSR count). The van der Waals surface area contributed by atoms with Crippen molar-refractivity contribution in [2.45, 2.75) is 91.1 Å². The van der Waals surface area contributed by atoms with Crippen molar-refractivity contribution < 1.29 is 9.30 Å². The summed E-state index contributed by atoms with van der Waals surface area (Å²) in [6, 6.07) is 15.9. The highest BCUT2D eigenvalue weighted by Crippen LogP contribution is 2.21. The molecule has 5 nitrogen and oxygen atoms in total. The van der Waals surface area contributed by atoms with Gasteiger partial charge in [-0.1, -0.05) is 50.3 Å². The molecule has 0 atom stereocenters. The maximum Gasteiger partial charge on any atom is 0.243 e. The monoisotopic (exact) mass is 475 g/mol. The fraction of sp³-hybridized carbons (Fsp3) is 0.500. The highest BCUT2D eigenvalue weighted by atomic mass is 16.5. The molecule has 1 aromatic heterocycles. The Morgan fingerprint density at radius 2 is 1.37 bits per heavy atom. The largest absolute Gasteiger partial charge is 0.494 e. The van der Waals surface area contributed by atoms with Gasteiger partial charge in [0, 0.05) is 0 Å². The van der Waals surface area contributed by atoms with E-state index >= 15 is 0 Å². The molecule has 1 heterocycles. The number of hydrogen-bond donors (Lipinski definition) is 0.